The average molecular weight is 553 g/mol. The van der Waals surface area contributed by atoms with Gasteiger partial charge in [0, 0.05) is 27.5 Å². The molecule has 3 aromatic carbocycles. The number of hydrogen-bond acceptors (Lipinski definition) is 4. The molecule has 0 radical (unpaired) electrons. The van der Waals surface area contributed by atoms with Crippen LogP contribution in [-0.2, 0) is 16.6 Å². The van der Waals surface area contributed by atoms with Gasteiger partial charge in [-0.15, -0.1) is 0 Å². The highest BCUT2D eigenvalue weighted by atomic mass is 35.5. The number of hydrazone groups is 1. The molecule has 10 heteroatoms. The molecule has 0 saturated carbocycles. The first-order valence-corrected chi connectivity index (χ1v) is 13.9. The van der Waals surface area contributed by atoms with Gasteiger partial charge in [0.25, 0.3) is 5.91 Å². The van der Waals surface area contributed by atoms with Gasteiger partial charge in [-0.3, -0.25) is 9.10 Å². The van der Waals surface area contributed by atoms with E-state index in [-0.39, 0.29) is 12.4 Å². The molecule has 0 aliphatic heterocycles. The van der Waals surface area contributed by atoms with Crippen LogP contribution in [0.4, 0.5) is 10.1 Å². The van der Waals surface area contributed by atoms with Crippen LogP contribution < -0.4 is 9.73 Å². The van der Waals surface area contributed by atoms with Crippen molar-refractivity contribution in [2.45, 2.75) is 20.4 Å². The van der Waals surface area contributed by atoms with E-state index in [1.807, 2.05) is 19.9 Å². The molecule has 4 rings (SSSR count). The van der Waals surface area contributed by atoms with Crippen LogP contribution in [0.15, 0.2) is 84.0 Å². The van der Waals surface area contributed by atoms with E-state index >= 15 is 0 Å². The number of aryl methyl sites for hydroxylation is 1. The number of halogens is 2. The Morgan fingerprint density at radius 3 is 2.34 bits per heavy atom. The van der Waals surface area contributed by atoms with Crippen molar-refractivity contribution >= 4 is 39.4 Å². The zero-order chi connectivity index (χ0) is 27.4. The van der Waals surface area contributed by atoms with Crippen molar-refractivity contribution in [3.63, 3.8) is 0 Å². The fourth-order valence-corrected chi connectivity index (χ4v) is 5.10. The molecule has 0 saturated heterocycles. The Morgan fingerprint density at radius 1 is 1.05 bits per heavy atom. The monoisotopic (exact) mass is 552 g/mol. The van der Waals surface area contributed by atoms with E-state index in [0.717, 1.165) is 28.8 Å². The van der Waals surface area contributed by atoms with Crippen LogP contribution in [0.3, 0.4) is 0 Å². The zero-order valence-corrected chi connectivity index (χ0v) is 22.6. The number of nitrogens with zero attached hydrogens (tertiary/aromatic N) is 3. The zero-order valence-electron chi connectivity index (χ0n) is 21.0. The van der Waals surface area contributed by atoms with Gasteiger partial charge in [-0.1, -0.05) is 35.9 Å². The molecule has 0 unspecified atom stereocenters. The van der Waals surface area contributed by atoms with Crippen molar-refractivity contribution < 1.29 is 17.6 Å². The summed E-state index contributed by atoms with van der Waals surface area (Å²) < 4.78 is 42.2. The number of aromatic nitrogens is 1. The smallest absolute Gasteiger partial charge is 0.271 e. The summed E-state index contributed by atoms with van der Waals surface area (Å²) >= 11 is 5.93. The second-order valence-corrected chi connectivity index (χ2v) is 11.1. The van der Waals surface area contributed by atoms with Crippen molar-refractivity contribution in [2.24, 2.45) is 5.10 Å². The first kappa shape index (κ1) is 27.1. The van der Waals surface area contributed by atoms with Crippen molar-refractivity contribution in [3.8, 4) is 5.69 Å². The molecule has 1 N–H and O–H groups in total. The predicted octanol–water partition coefficient (Wildman–Crippen LogP) is 5.62. The number of hydrogen-bond donors (Lipinski definition) is 1. The SMILES string of the molecule is Cc1cc(/C=N\NC(=O)c2ccc(N(Cc3ccc(Cl)cc3)S(C)(=O)=O)cc2)c(C)n1-c1ccccc1F. The van der Waals surface area contributed by atoms with Crippen LogP contribution in [0.2, 0.25) is 5.02 Å². The van der Waals surface area contributed by atoms with Gasteiger partial charge in [0.2, 0.25) is 10.0 Å². The molecule has 1 heterocycles. The summed E-state index contributed by atoms with van der Waals surface area (Å²) in [5.74, 6) is -0.795. The lowest BCUT2D eigenvalue weighted by Gasteiger charge is -2.22. The van der Waals surface area contributed by atoms with Gasteiger partial charge in [0.1, 0.15) is 5.82 Å². The Bertz CT molecular complexity index is 1600. The minimum Gasteiger partial charge on any atom is -0.315 e. The molecular weight excluding hydrogens is 527 g/mol. The van der Waals surface area contributed by atoms with Crippen LogP contribution in [-0.4, -0.2) is 31.4 Å². The number of sulfonamides is 1. The van der Waals surface area contributed by atoms with Crippen LogP contribution in [0, 0.1) is 19.7 Å². The molecule has 0 aliphatic rings. The second-order valence-electron chi connectivity index (χ2n) is 8.76. The van der Waals surface area contributed by atoms with Gasteiger partial charge in [0.15, 0.2) is 0 Å². The third kappa shape index (κ3) is 6.12. The number of nitrogens with one attached hydrogen (secondary N) is 1. The molecule has 4 aromatic rings. The van der Waals surface area contributed by atoms with E-state index in [1.54, 1.807) is 59.2 Å². The Hall–Kier alpha value is -3.95. The fraction of sp³-hybridized carbons (Fsp3) is 0.143. The lowest BCUT2D eigenvalue weighted by Crippen LogP contribution is -2.29. The number of amides is 1. The lowest BCUT2D eigenvalue weighted by molar-refractivity contribution is 0.0955. The molecule has 0 spiro atoms. The molecule has 1 aromatic heterocycles. The topological polar surface area (TPSA) is 83.8 Å². The normalized spacial score (nSPS) is 11.6. The number of anilines is 1. The van der Waals surface area contributed by atoms with Gasteiger partial charge in [-0.05, 0) is 74.0 Å². The van der Waals surface area contributed by atoms with E-state index < -0.39 is 15.9 Å². The third-order valence-corrected chi connectivity index (χ3v) is 7.38. The summed E-state index contributed by atoms with van der Waals surface area (Å²) in [6.45, 7) is 3.83. The van der Waals surface area contributed by atoms with Gasteiger partial charge in [0.05, 0.1) is 30.4 Å². The van der Waals surface area contributed by atoms with Gasteiger partial charge < -0.3 is 4.57 Å². The maximum Gasteiger partial charge on any atom is 0.271 e. The summed E-state index contributed by atoms with van der Waals surface area (Å²) in [6.07, 6.45) is 2.63. The minimum atomic E-state index is -3.58. The van der Waals surface area contributed by atoms with Crippen molar-refractivity contribution in [3.05, 3.63) is 118 Å². The maximum absolute atomic E-state index is 14.3. The quantitative estimate of drug-likeness (QED) is 0.227. The minimum absolute atomic E-state index is 0.122. The number of benzene rings is 3. The summed E-state index contributed by atoms with van der Waals surface area (Å²) in [5, 5.41) is 4.62. The summed E-state index contributed by atoms with van der Waals surface area (Å²) in [7, 11) is -3.58. The molecule has 0 atom stereocenters. The molecular formula is C28H26ClFN4O3S. The lowest BCUT2D eigenvalue weighted by atomic mass is 10.2. The van der Waals surface area contributed by atoms with Gasteiger partial charge in [-0.2, -0.15) is 5.10 Å². The number of rotatable bonds is 8. The average Bonchev–Trinajstić information content (AvgIpc) is 3.16. The number of carbonyl (C=O) groups is 1. The fourth-order valence-electron chi connectivity index (χ4n) is 4.08. The van der Waals surface area contributed by atoms with E-state index in [0.29, 0.717) is 22.0 Å². The summed E-state index contributed by atoms with van der Waals surface area (Å²) in [6, 6.07) is 21.5. The van der Waals surface area contributed by atoms with Gasteiger partial charge in [-0.25, -0.2) is 18.2 Å². The molecule has 1 amide bonds. The highest BCUT2D eigenvalue weighted by Crippen LogP contribution is 2.23. The molecule has 0 bridgehead atoms. The number of para-hydroxylation sites is 1. The first-order valence-electron chi connectivity index (χ1n) is 11.6. The Labute approximate surface area is 226 Å². The van der Waals surface area contributed by atoms with Crippen molar-refractivity contribution in [2.75, 3.05) is 10.6 Å². The van der Waals surface area contributed by atoms with Crippen LogP contribution in [0.5, 0.6) is 0 Å². The highest BCUT2D eigenvalue weighted by molar-refractivity contribution is 7.92. The highest BCUT2D eigenvalue weighted by Gasteiger charge is 2.19. The Morgan fingerprint density at radius 2 is 1.71 bits per heavy atom. The summed E-state index contributed by atoms with van der Waals surface area (Å²) in [4.78, 5) is 12.6. The van der Waals surface area contributed by atoms with E-state index in [9.17, 15) is 17.6 Å². The number of carbonyl (C=O) groups excluding carboxylic acids is 1. The van der Waals surface area contributed by atoms with Crippen molar-refractivity contribution in [1.82, 2.24) is 9.99 Å². The molecule has 0 fully saturated rings. The van der Waals surface area contributed by atoms with Crippen molar-refractivity contribution in [1.29, 1.82) is 0 Å². The summed E-state index contributed by atoms with van der Waals surface area (Å²) in [5.41, 5.74) is 6.74. The van der Waals surface area contributed by atoms with E-state index in [4.69, 9.17) is 11.6 Å². The van der Waals surface area contributed by atoms with Crippen LogP contribution in [0.1, 0.15) is 32.9 Å². The van der Waals surface area contributed by atoms with E-state index in [1.165, 1.54) is 28.7 Å². The molecule has 196 valence electrons. The van der Waals surface area contributed by atoms with E-state index in [2.05, 4.69) is 10.5 Å². The van der Waals surface area contributed by atoms with Gasteiger partial charge >= 0.3 is 0 Å². The molecule has 38 heavy (non-hydrogen) atoms. The van der Waals surface area contributed by atoms with Crippen LogP contribution >= 0.6 is 11.6 Å². The first-order chi connectivity index (χ1) is 18.0. The van der Waals surface area contributed by atoms with Crippen LogP contribution in [0.25, 0.3) is 5.69 Å². The predicted molar refractivity (Wildman–Crippen MR) is 149 cm³/mol. The largest absolute Gasteiger partial charge is 0.315 e. The Balaban J connectivity index is 1.47. The third-order valence-electron chi connectivity index (χ3n) is 5.99. The standard InChI is InChI=1S/C28H26ClFN4O3S/c1-19-16-23(20(2)34(19)27-7-5-4-6-26(27)30)17-31-32-28(35)22-10-14-25(15-11-22)33(38(3,36)37)18-21-8-12-24(29)13-9-21/h4-17H,18H2,1-3H3,(H,32,35)/b31-17-. The maximum atomic E-state index is 14.3. The Kier molecular flexibility index (Phi) is 7.99. The molecule has 7 nitrogen and oxygen atoms in total. The second kappa shape index (κ2) is 11.2. The molecule has 0 aliphatic carbocycles.